The molecule has 0 unspecified atom stereocenters. The van der Waals surface area contributed by atoms with E-state index in [0.29, 0.717) is 22.3 Å². The summed E-state index contributed by atoms with van der Waals surface area (Å²) in [4.78, 5) is 25.4. The molecule has 1 amide bonds. The quantitative estimate of drug-likeness (QED) is 0.759. The molecule has 1 heterocycles. The van der Waals surface area contributed by atoms with E-state index in [0.717, 1.165) is 24.7 Å². The van der Waals surface area contributed by atoms with Gasteiger partial charge in [-0.1, -0.05) is 15.9 Å². The second-order valence-electron chi connectivity index (χ2n) is 5.23. The third kappa shape index (κ3) is 3.71. The molecule has 7 heteroatoms. The van der Waals surface area contributed by atoms with E-state index in [-0.39, 0.29) is 5.91 Å². The van der Waals surface area contributed by atoms with Crippen LogP contribution in [0.2, 0.25) is 0 Å². The van der Waals surface area contributed by atoms with Gasteiger partial charge in [-0.05, 0) is 30.5 Å². The zero-order valence-electron chi connectivity index (χ0n) is 11.8. The number of halogens is 1. The molecule has 21 heavy (non-hydrogen) atoms. The minimum absolute atomic E-state index is 0.0835. The number of carbonyl (C=O) groups excluding carboxylic acids is 2. The van der Waals surface area contributed by atoms with Gasteiger partial charge in [0.05, 0.1) is 0 Å². The first-order valence-electron chi connectivity index (χ1n) is 6.50. The largest absolute Gasteiger partial charge is 0.312 e. The molecule has 1 aliphatic rings. The Hall–Kier alpha value is -1.21. The Labute approximate surface area is 132 Å². The molecule has 0 radical (unpaired) electrons. The van der Waals surface area contributed by atoms with Gasteiger partial charge in [-0.2, -0.15) is 0 Å². The van der Waals surface area contributed by atoms with Crippen molar-refractivity contribution in [2.24, 2.45) is 0 Å². The lowest BCUT2D eigenvalue weighted by molar-refractivity contribution is -0.116. The monoisotopic (exact) mass is 373 g/mol. The summed E-state index contributed by atoms with van der Waals surface area (Å²) in [5, 5.41) is 0. The normalized spacial score (nSPS) is 14.7. The van der Waals surface area contributed by atoms with E-state index in [9.17, 15) is 18.0 Å². The van der Waals surface area contributed by atoms with Crippen LogP contribution < -0.4 is 4.90 Å². The van der Waals surface area contributed by atoms with Crippen molar-refractivity contribution in [3.05, 3.63) is 27.7 Å². The van der Waals surface area contributed by atoms with E-state index in [1.165, 1.54) is 6.92 Å². The van der Waals surface area contributed by atoms with Crippen molar-refractivity contribution in [2.75, 3.05) is 23.5 Å². The van der Waals surface area contributed by atoms with Crippen LogP contribution in [0.15, 0.2) is 16.6 Å². The van der Waals surface area contributed by atoms with Crippen LogP contribution in [0.3, 0.4) is 0 Å². The van der Waals surface area contributed by atoms with Gasteiger partial charge in [0.2, 0.25) is 5.91 Å². The molecule has 1 aromatic carbocycles. The average molecular weight is 374 g/mol. The van der Waals surface area contributed by atoms with Gasteiger partial charge in [-0.25, -0.2) is 8.42 Å². The summed E-state index contributed by atoms with van der Waals surface area (Å²) in [6, 6.07) is 3.42. The van der Waals surface area contributed by atoms with E-state index in [2.05, 4.69) is 15.9 Å². The lowest BCUT2D eigenvalue weighted by atomic mass is 9.98. The van der Waals surface area contributed by atoms with Crippen molar-refractivity contribution in [3.8, 4) is 0 Å². The highest BCUT2D eigenvalue weighted by atomic mass is 79.9. The highest BCUT2D eigenvalue weighted by molar-refractivity contribution is 9.10. The van der Waals surface area contributed by atoms with Crippen molar-refractivity contribution in [1.82, 2.24) is 0 Å². The maximum absolute atomic E-state index is 12.1. The first-order valence-corrected chi connectivity index (χ1v) is 9.36. The third-order valence-electron chi connectivity index (χ3n) is 3.36. The number of Topliss-reactive ketones (excluding diaryl/α,β-unsaturated/α-hetero) is 1. The highest BCUT2D eigenvalue weighted by Crippen LogP contribution is 2.33. The molecular formula is C14H16BrNO4S. The minimum Gasteiger partial charge on any atom is -0.312 e. The van der Waals surface area contributed by atoms with Crippen LogP contribution in [-0.2, 0) is 21.1 Å². The lowest BCUT2D eigenvalue weighted by Crippen LogP contribution is -2.33. The number of rotatable bonds is 3. The van der Waals surface area contributed by atoms with E-state index in [4.69, 9.17) is 0 Å². The molecule has 2 rings (SSSR count). The van der Waals surface area contributed by atoms with Gasteiger partial charge in [-0.3, -0.25) is 9.59 Å². The number of hydrogen-bond donors (Lipinski definition) is 0. The number of nitrogens with zero attached hydrogens (tertiary/aromatic N) is 1. The van der Waals surface area contributed by atoms with Gasteiger partial charge in [0.1, 0.15) is 5.75 Å². The molecule has 0 saturated heterocycles. The fourth-order valence-corrected chi connectivity index (χ4v) is 3.70. The summed E-state index contributed by atoms with van der Waals surface area (Å²) in [5.74, 6) is -1.09. The fraction of sp³-hybridized carbons (Fsp3) is 0.429. The van der Waals surface area contributed by atoms with Crippen molar-refractivity contribution in [2.45, 2.75) is 19.8 Å². The molecule has 0 atom stereocenters. The standard InChI is InChI=1S/C14H16BrNO4S/c1-9(17)16-5-3-4-10-6-12(15)11(7-13(10)16)14(18)8-21(2,19)20/h6-7H,3-5,8H2,1-2H3. The second kappa shape index (κ2) is 5.88. The SMILES string of the molecule is CC(=O)N1CCCc2cc(Br)c(C(=O)CS(C)(=O)=O)cc21. The molecule has 5 nitrogen and oxygen atoms in total. The van der Waals surface area contributed by atoms with Crippen molar-refractivity contribution < 1.29 is 18.0 Å². The van der Waals surface area contributed by atoms with E-state index < -0.39 is 21.4 Å². The highest BCUT2D eigenvalue weighted by Gasteiger charge is 2.24. The van der Waals surface area contributed by atoms with Crippen LogP contribution in [0, 0.1) is 0 Å². The number of fused-ring (bicyclic) bond motifs is 1. The number of hydrogen-bond acceptors (Lipinski definition) is 4. The number of aryl methyl sites for hydroxylation is 1. The Morgan fingerprint density at radius 3 is 2.57 bits per heavy atom. The van der Waals surface area contributed by atoms with Gasteiger partial charge in [0.25, 0.3) is 0 Å². The van der Waals surface area contributed by atoms with E-state index in [1.54, 1.807) is 17.0 Å². The summed E-state index contributed by atoms with van der Waals surface area (Å²) < 4.78 is 23.1. The van der Waals surface area contributed by atoms with Gasteiger partial charge in [0, 0.05) is 35.4 Å². The Bertz CT molecular complexity index is 712. The van der Waals surface area contributed by atoms with Crippen LogP contribution in [0.5, 0.6) is 0 Å². The number of sulfone groups is 1. The topological polar surface area (TPSA) is 71.5 Å². The van der Waals surface area contributed by atoms with Crippen molar-refractivity contribution >= 4 is 43.1 Å². The maximum atomic E-state index is 12.1. The fourth-order valence-electron chi connectivity index (χ4n) is 2.46. The molecular weight excluding hydrogens is 358 g/mol. The van der Waals surface area contributed by atoms with E-state index in [1.807, 2.05) is 0 Å². The molecule has 0 bridgehead atoms. The zero-order valence-corrected chi connectivity index (χ0v) is 14.3. The lowest BCUT2D eigenvalue weighted by Gasteiger charge is -2.29. The number of anilines is 1. The third-order valence-corrected chi connectivity index (χ3v) is 4.80. The van der Waals surface area contributed by atoms with E-state index >= 15 is 0 Å². The molecule has 0 aliphatic carbocycles. The summed E-state index contributed by atoms with van der Waals surface area (Å²) in [5.41, 5.74) is 1.99. The summed E-state index contributed by atoms with van der Waals surface area (Å²) in [7, 11) is -3.39. The van der Waals surface area contributed by atoms with Crippen molar-refractivity contribution in [1.29, 1.82) is 0 Å². The Morgan fingerprint density at radius 2 is 2.00 bits per heavy atom. The van der Waals surface area contributed by atoms with Crippen LogP contribution in [0.25, 0.3) is 0 Å². The Balaban J connectivity index is 2.47. The molecule has 1 aliphatic heterocycles. The van der Waals surface area contributed by atoms with Crippen LogP contribution in [0.1, 0.15) is 29.3 Å². The number of benzene rings is 1. The Kier molecular flexibility index (Phi) is 4.53. The molecule has 0 aromatic heterocycles. The molecule has 1 aromatic rings. The number of carbonyl (C=O) groups is 2. The molecule has 114 valence electrons. The van der Waals surface area contributed by atoms with Crippen LogP contribution >= 0.6 is 15.9 Å². The Morgan fingerprint density at radius 1 is 1.33 bits per heavy atom. The van der Waals surface area contributed by atoms with Gasteiger partial charge >= 0.3 is 0 Å². The van der Waals surface area contributed by atoms with Gasteiger partial charge in [0.15, 0.2) is 15.6 Å². The second-order valence-corrected chi connectivity index (χ2v) is 8.22. The van der Waals surface area contributed by atoms with Gasteiger partial charge in [-0.15, -0.1) is 0 Å². The summed E-state index contributed by atoms with van der Waals surface area (Å²) >= 11 is 3.32. The van der Waals surface area contributed by atoms with Gasteiger partial charge < -0.3 is 4.90 Å². The summed E-state index contributed by atoms with van der Waals surface area (Å²) in [6.45, 7) is 2.10. The molecule has 0 N–H and O–H groups in total. The van der Waals surface area contributed by atoms with Crippen molar-refractivity contribution in [3.63, 3.8) is 0 Å². The minimum atomic E-state index is -3.39. The molecule has 0 spiro atoms. The number of amides is 1. The molecule has 0 saturated carbocycles. The maximum Gasteiger partial charge on any atom is 0.223 e. The zero-order chi connectivity index (χ0) is 15.8. The van der Waals surface area contributed by atoms with Crippen LogP contribution in [0.4, 0.5) is 5.69 Å². The first-order chi connectivity index (χ1) is 9.69. The first kappa shape index (κ1) is 16.2. The predicted molar refractivity (Wildman–Crippen MR) is 84.5 cm³/mol. The van der Waals surface area contributed by atoms with Crippen LogP contribution in [-0.4, -0.2) is 38.7 Å². The number of ketones is 1. The average Bonchev–Trinajstić information content (AvgIpc) is 2.34. The smallest absolute Gasteiger partial charge is 0.223 e. The summed E-state index contributed by atoms with van der Waals surface area (Å²) in [6.07, 6.45) is 2.73. The molecule has 0 fully saturated rings. The predicted octanol–water partition coefficient (Wildman–Crippen LogP) is 1.98.